The topological polar surface area (TPSA) is 38.1 Å². The van der Waals surface area contributed by atoms with Gasteiger partial charge in [0, 0.05) is 25.4 Å². The quantitative estimate of drug-likeness (QED) is 0.828. The van der Waals surface area contributed by atoms with Crippen LogP contribution in [0.1, 0.15) is 55.8 Å². The summed E-state index contributed by atoms with van der Waals surface area (Å²) in [5.41, 5.74) is -0.600. The van der Waals surface area contributed by atoms with Crippen molar-refractivity contribution >= 4 is 17.5 Å². The zero-order valence-corrected chi connectivity index (χ0v) is 13.5. The van der Waals surface area contributed by atoms with E-state index in [9.17, 15) is 18.0 Å². The number of aryl methyl sites for hydroxylation is 1. The number of carbonyl (C=O) groups excluding carboxylic acids is 1. The molecule has 128 valence electrons. The number of piperidine rings is 1. The first kappa shape index (κ1) is 16.6. The normalized spacial score (nSPS) is 19.2. The second-order valence-electron chi connectivity index (χ2n) is 6.23. The number of aromatic nitrogens is 2. The molecule has 4 nitrogen and oxygen atoms in total. The van der Waals surface area contributed by atoms with Crippen LogP contribution in [0.2, 0.25) is 5.02 Å². The molecule has 2 fully saturated rings. The van der Waals surface area contributed by atoms with E-state index in [0.29, 0.717) is 5.69 Å². The summed E-state index contributed by atoms with van der Waals surface area (Å²) in [5, 5.41) is 3.35. The van der Waals surface area contributed by atoms with Crippen LogP contribution in [0.3, 0.4) is 0 Å². The number of nitrogens with zero attached hydrogens (tertiary/aromatic N) is 3. The Balaban J connectivity index is 1.73. The monoisotopic (exact) mass is 349 g/mol. The number of hydrogen-bond acceptors (Lipinski definition) is 2. The fraction of sp³-hybridized carbons (Fsp3) is 0.733. The molecule has 0 spiro atoms. The second kappa shape index (κ2) is 6.34. The minimum atomic E-state index is -4.57. The van der Waals surface area contributed by atoms with Gasteiger partial charge in [-0.1, -0.05) is 11.6 Å². The molecule has 2 aliphatic rings. The molecule has 1 aromatic rings. The number of rotatable bonds is 4. The lowest BCUT2D eigenvalue weighted by Gasteiger charge is -2.26. The molecule has 1 amide bonds. The van der Waals surface area contributed by atoms with E-state index in [2.05, 4.69) is 5.10 Å². The third-order valence-corrected chi connectivity index (χ3v) is 4.78. The van der Waals surface area contributed by atoms with Crippen molar-refractivity contribution in [2.24, 2.45) is 0 Å². The molecule has 3 rings (SSSR count). The third-order valence-electron chi connectivity index (χ3n) is 4.41. The third kappa shape index (κ3) is 3.65. The number of likely N-dealkylation sites (tertiary alicyclic amines) is 1. The maximum Gasteiger partial charge on any atom is 0.436 e. The molecule has 0 bridgehead atoms. The van der Waals surface area contributed by atoms with Crippen LogP contribution in [-0.2, 0) is 17.5 Å². The van der Waals surface area contributed by atoms with Crippen molar-refractivity contribution in [2.75, 3.05) is 13.1 Å². The summed E-state index contributed by atoms with van der Waals surface area (Å²) in [6.45, 7) is 1.63. The summed E-state index contributed by atoms with van der Waals surface area (Å²) in [5.74, 6) is 0.0165. The fourth-order valence-corrected chi connectivity index (χ4v) is 3.45. The predicted molar refractivity (Wildman–Crippen MR) is 79.3 cm³/mol. The highest BCUT2D eigenvalue weighted by atomic mass is 35.5. The Kier molecular flexibility index (Phi) is 4.58. The van der Waals surface area contributed by atoms with Crippen molar-refractivity contribution in [2.45, 2.75) is 57.2 Å². The van der Waals surface area contributed by atoms with Gasteiger partial charge < -0.3 is 4.90 Å². The summed E-state index contributed by atoms with van der Waals surface area (Å²) < 4.78 is 40.2. The largest absolute Gasteiger partial charge is 0.436 e. The summed E-state index contributed by atoms with van der Waals surface area (Å²) >= 11 is 5.91. The SMILES string of the molecule is O=C(CCn1nc(C(F)(F)F)c(Cl)c1C1CC1)N1CCCCC1. The number of hydrogen-bond donors (Lipinski definition) is 0. The van der Waals surface area contributed by atoms with Gasteiger partial charge in [-0.25, -0.2) is 0 Å². The van der Waals surface area contributed by atoms with Gasteiger partial charge in [0.15, 0.2) is 5.69 Å². The number of alkyl halides is 3. The van der Waals surface area contributed by atoms with Gasteiger partial charge >= 0.3 is 6.18 Å². The van der Waals surface area contributed by atoms with Crippen molar-refractivity contribution < 1.29 is 18.0 Å². The maximum absolute atomic E-state index is 13.0. The van der Waals surface area contributed by atoms with Crippen molar-refractivity contribution in [1.82, 2.24) is 14.7 Å². The molecule has 1 aliphatic heterocycles. The minimum absolute atomic E-state index is 0.0216. The molecule has 0 radical (unpaired) electrons. The van der Waals surface area contributed by atoms with Crippen LogP contribution in [0.25, 0.3) is 0 Å². The number of amides is 1. The van der Waals surface area contributed by atoms with Gasteiger partial charge in [0.2, 0.25) is 5.91 Å². The van der Waals surface area contributed by atoms with Crippen LogP contribution < -0.4 is 0 Å². The van der Waals surface area contributed by atoms with Gasteiger partial charge in [-0.15, -0.1) is 0 Å². The summed E-state index contributed by atoms with van der Waals surface area (Å²) in [7, 11) is 0. The van der Waals surface area contributed by atoms with E-state index in [1.165, 1.54) is 4.68 Å². The molecule has 0 unspecified atom stereocenters. The molecule has 0 N–H and O–H groups in total. The molecule has 0 aromatic carbocycles. The van der Waals surface area contributed by atoms with E-state index in [1.807, 2.05) is 0 Å². The summed E-state index contributed by atoms with van der Waals surface area (Å²) in [4.78, 5) is 14.0. The molecule has 23 heavy (non-hydrogen) atoms. The zero-order valence-electron chi connectivity index (χ0n) is 12.7. The Morgan fingerprint density at radius 1 is 1.22 bits per heavy atom. The molecule has 0 atom stereocenters. The van der Waals surface area contributed by atoms with Crippen molar-refractivity contribution in [3.05, 3.63) is 16.4 Å². The van der Waals surface area contributed by atoms with Crippen LogP contribution >= 0.6 is 11.6 Å². The fourth-order valence-electron chi connectivity index (χ4n) is 3.05. The van der Waals surface area contributed by atoms with Crippen molar-refractivity contribution in [1.29, 1.82) is 0 Å². The van der Waals surface area contributed by atoms with E-state index < -0.39 is 11.9 Å². The predicted octanol–water partition coefficient (Wildman–Crippen LogP) is 3.84. The Morgan fingerprint density at radius 2 is 1.87 bits per heavy atom. The first-order valence-electron chi connectivity index (χ1n) is 7.99. The Labute approximate surface area is 137 Å². The van der Waals surface area contributed by atoms with Crippen LogP contribution in [-0.4, -0.2) is 33.7 Å². The average Bonchev–Trinajstić information content (AvgIpc) is 3.28. The molecule has 1 saturated carbocycles. The smallest absolute Gasteiger partial charge is 0.343 e. The van der Waals surface area contributed by atoms with Gasteiger partial charge in [0.1, 0.15) is 0 Å². The molecule has 1 saturated heterocycles. The van der Waals surface area contributed by atoms with E-state index in [4.69, 9.17) is 11.6 Å². The van der Waals surface area contributed by atoms with E-state index in [1.54, 1.807) is 4.90 Å². The van der Waals surface area contributed by atoms with Gasteiger partial charge in [-0.3, -0.25) is 9.48 Å². The van der Waals surface area contributed by atoms with E-state index in [-0.39, 0.29) is 29.8 Å². The molecule has 1 aliphatic carbocycles. The van der Waals surface area contributed by atoms with Crippen molar-refractivity contribution in [3.63, 3.8) is 0 Å². The molecule has 8 heteroatoms. The van der Waals surface area contributed by atoms with Gasteiger partial charge in [0.25, 0.3) is 0 Å². The molecular formula is C15H19ClF3N3O. The van der Waals surface area contributed by atoms with E-state index >= 15 is 0 Å². The lowest BCUT2D eigenvalue weighted by molar-refractivity contribution is -0.141. The summed E-state index contributed by atoms with van der Waals surface area (Å²) in [6, 6.07) is 0. The van der Waals surface area contributed by atoms with Gasteiger partial charge in [0.05, 0.1) is 17.3 Å². The van der Waals surface area contributed by atoms with Gasteiger partial charge in [-0.05, 0) is 32.1 Å². The molecular weight excluding hydrogens is 331 g/mol. The number of halogens is 4. The van der Waals surface area contributed by atoms with E-state index in [0.717, 1.165) is 45.2 Å². The zero-order chi connectivity index (χ0) is 16.6. The summed E-state index contributed by atoms with van der Waals surface area (Å²) in [6.07, 6.45) is 0.346. The Morgan fingerprint density at radius 3 is 2.43 bits per heavy atom. The van der Waals surface area contributed by atoms with Crippen LogP contribution in [0.5, 0.6) is 0 Å². The molecule has 2 heterocycles. The maximum atomic E-state index is 13.0. The van der Waals surface area contributed by atoms with Crippen LogP contribution in [0.15, 0.2) is 0 Å². The lowest BCUT2D eigenvalue weighted by Crippen LogP contribution is -2.36. The molecule has 1 aromatic heterocycles. The van der Waals surface area contributed by atoms with Crippen molar-refractivity contribution in [3.8, 4) is 0 Å². The number of carbonyl (C=O) groups is 1. The highest BCUT2D eigenvalue weighted by molar-refractivity contribution is 6.32. The highest BCUT2D eigenvalue weighted by Gasteiger charge is 2.42. The Bertz CT molecular complexity index is 590. The lowest BCUT2D eigenvalue weighted by atomic mass is 10.1. The van der Waals surface area contributed by atoms with Gasteiger partial charge in [-0.2, -0.15) is 18.3 Å². The standard InChI is InChI=1S/C15H19ClF3N3O/c16-12-13(10-4-5-10)22(20-14(12)15(17,18)19)9-6-11(23)21-7-2-1-3-8-21/h10H,1-9H2. The highest BCUT2D eigenvalue weighted by Crippen LogP contribution is 2.46. The minimum Gasteiger partial charge on any atom is -0.343 e. The second-order valence-corrected chi connectivity index (χ2v) is 6.61. The van der Waals surface area contributed by atoms with Crippen LogP contribution in [0.4, 0.5) is 13.2 Å². The van der Waals surface area contributed by atoms with Crippen LogP contribution in [0, 0.1) is 0 Å². The first-order valence-corrected chi connectivity index (χ1v) is 8.37. The Hall–Kier alpha value is -1.24. The average molecular weight is 350 g/mol. The first-order chi connectivity index (χ1) is 10.9.